The zero-order valence-corrected chi connectivity index (χ0v) is 13.3. The summed E-state index contributed by atoms with van der Waals surface area (Å²) in [5, 5.41) is 7.08. The minimum absolute atomic E-state index is 0.655. The number of likely N-dealkylation sites (N-methyl/N-ethyl adjacent to an activating group) is 1. The van der Waals surface area contributed by atoms with Crippen molar-refractivity contribution >= 4 is 28.7 Å². The molecule has 2 N–H and O–H groups in total. The van der Waals surface area contributed by atoms with Gasteiger partial charge in [0, 0.05) is 31.5 Å². The molecule has 0 radical (unpaired) electrons. The Morgan fingerprint density at radius 1 is 1.10 bits per heavy atom. The molecule has 0 heterocycles. The van der Waals surface area contributed by atoms with Gasteiger partial charge in [0.1, 0.15) is 0 Å². The van der Waals surface area contributed by atoms with Gasteiger partial charge < -0.3 is 15.5 Å². The minimum atomic E-state index is 0.655. The molecule has 0 aliphatic rings. The Bertz CT molecular complexity index is 584. The molecule has 2 aromatic carbocycles. The van der Waals surface area contributed by atoms with Gasteiger partial charge in [0.15, 0.2) is 5.11 Å². The molecule has 0 spiro atoms. The van der Waals surface area contributed by atoms with E-state index in [1.54, 1.807) is 0 Å². The van der Waals surface area contributed by atoms with Crippen LogP contribution in [-0.2, 0) is 0 Å². The van der Waals surface area contributed by atoms with Crippen molar-refractivity contribution in [2.75, 3.05) is 30.4 Å². The van der Waals surface area contributed by atoms with Gasteiger partial charge in [-0.05, 0) is 49.0 Å². The number of hydrogen-bond acceptors (Lipinski definition) is 2. The summed E-state index contributed by atoms with van der Waals surface area (Å²) in [5.74, 6) is 0. The van der Waals surface area contributed by atoms with Gasteiger partial charge in [-0.2, -0.15) is 0 Å². The van der Waals surface area contributed by atoms with Crippen LogP contribution >= 0.6 is 12.2 Å². The average molecular weight is 299 g/mol. The van der Waals surface area contributed by atoms with Crippen LogP contribution in [0.1, 0.15) is 5.56 Å². The largest absolute Gasteiger partial charge is 0.373 e. The number of benzene rings is 2. The lowest BCUT2D eigenvalue weighted by atomic mass is 10.2. The molecule has 21 heavy (non-hydrogen) atoms. The maximum absolute atomic E-state index is 5.31. The lowest BCUT2D eigenvalue weighted by Crippen LogP contribution is -2.35. The van der Waals surface area contributed by atoms with Gasteiger partial charge in [0.2, 0.25) is 0 Å². The summed E-state index contributed by atoms with van der Waals surface area (Å²) in [6, 6.07) is 18.5. The summed E-state index contributed by atoms with van der Waals surface area (Å²) >= 11 is 5.31. The summed E-state index contributed by atoms with van der Waals surface area (Å²) < 4.78 is 0. The second-order valence-corrected chi connectivity index (χ2v) is 5.42. The Morgan fingerprint density at radius 2 is 1.86 bits per heavy atom. The van der Waals surface area contributed by atoms with Crippen LogP contribution in [0.5, 0.6) is 0 Å². The highest BCUT2D eigenvalue weighted by molar-refractivity contribution is 7.80. The van der Waals surface area contributed by atoms with Crippen molar-refractivity contribution in [3.8, 4) is 0 Å². The summed E-state index contributed by atoms with van der Waals surface area (Å²) in [6.45, 7) is 3.75. The van der Waals surface area contributed by atoms with E-state index in [-0.39, 0.29) is 0 Å². The monoisotopic (exact) mass is 299 g/mol. The highest BCUT2D eigenvalue weighted by Gasteiger charge is 2.01. The second-order valence-electron chi connectivity index (χ2n) is 5.01. The molecule has 0 saturated carbocycles. The van der Waals surface area contributed by atoms with Crippen molar-refractivity contribution in [3.63, 3.8) is 0 Å². The molecular weight excluding hydrogens is 278 g/mol. The molecule has 0 bridgehead atoms. The Kier molecular flexibility index (Phi) is 5.58. The van der Waals surface area contributed by atoms with E-state index < -0.39 is 0 Å². The zero-order chi connectivity index (χ0) is 15.1. The van der Waals surface area contributed by atoms with E-state index in [2.05, 4.69) is 53.8 Å². The number of thiocarbonyl (C=S) groups is 1. The quantitative estimate of drug-likeness (QED) is 0.827. The molecule has 0 saturated heterocycles. The molecule has 110 valence electrons. The molecule has 2 rings (SSSR count). The first-order chi connectivity index (χ1) is 10.1. The van der Waals surface area contributed by atoms with E-state index in [4.69, 9.17) is 12.2 Å². The first-order valence-corrected chi connectivity index (χ1v) is 7.44. The van der Waals surface area contributed by atoms with E-state index >= 15 is 0 Å². The summed E-state index contributed by atoms with van der Waals surface area (Å²) in [5.41, 5.74) is 3.44. The molecule has 0 aromatic heterocycles. The molecule has 0 atom stereocenters. The van der Waals surface area contributed by atoms with Crippen LogP contribution in [-0.4, -0.2) is 25.2 Å². The second kappa shape index (κ2) is 7.64. The van der Waals surface area contributed by atoms with Crippen molar-refractivity contribution in [2.24, 2.45) is 0 Å². The Labute approximate surface area is 132 Å². The molecule has 0 fully saturated rings. The lowest BCUT2D eigenvalue weighted by molar-refractivity contribution is 0.827. The fourth-order valence-corrected chi connectivity index (χ4v) is 2.27. The molecule has 0 aliphatic carbocycles. The molecular formula is C17H21N3S. The zero-order valence-electron chi connectivity index (χ0n) is 12.5. The van der Waals surface area contributed by atoms with E-state index in [9.17, 15) is 0 Å². The van der Waals surface area contributed by atoms with Crippen molar-refractivity contribution in [1.82, 2.24) is 5.32 Å². The molecule has 0 aliphatic heterocycles. The number of anilines is 2. The molecule has 0 amide bonds. The molecule has 2 aromatic rings. The number of hydrogen-bond donors (Lipinski definition) is 2. The number of nitrogens with zero attached hydrogens (tertiary/aromatic N) is 1. The number of nitrogens with one attached hydrogen (secondary N) is 2. The van der Waals surface area contributed by atoms with Gasteiger partial charge >= 0.3 is 0 Å². The minimum Gasteiger partial charge on any atom is -0.373 e. The number of rotatable bonds is 5. The topological polar surface area (TPSA) is 27.3 Å². The third-order valence-electron chi connectivity index (χ3n) is 3.21. The molecule has 0 unspecified atom stereocenters. The van der Waals surface area contributed by atoms with Gasteiger partial charge in [-0.25, -0.2) is 0 Å². The fraction of sp³-hybridized carbons (Fsp3) is 0.235. The number of aryl methyl sites for hydroxylation is 1. The maximum atomic E-state index is 5.31. The van der Waals surface area contributed by atoms with E-state index in [0.29, 0.717) is 5.11 Å². The lowest BCUT2D eigenvalue weighted by Gasteiger charge is -2.20. The smallest absolute Gasteiger partial charge is 0.170 e. The molecule has 4 heteroatoms. The first-order valence-electron chi connectivity index (χ1n) is 7.03. The van der Waals surface area contributed by atoms with Gasteiger partial charge in [0.05, 0.1) is 0 Å². The van der Waals surface area contributed by atoms with Crippen LogP contribution in [0, 0.1) is 6.92 Å². The van der Waals surface area contributed by atoms with Gasteiger partial charge in [-0.1, -0.05) is 30.3 Å². The standard InChI is InChI=1S/C17H21N3S/c1-14-7-6-8-15(13-14)19-17(21)18-11-12-20(2)16-9-4-3-5-10-16/h3-10,13H,11-12H2,1-2H3,(H2,18,19,21). The Balaban J connectivity index is 1.74. The average Bonchev–Trinajstić information content (AvgIpc) is 2.48. The number of para-hydroxylation sites is 1. The van der Waals surface area contributed by atoms with Crippen molar-refractivity contribution in [1.29, 1.82) is 0 Å². The fourth-order valence-electron chi connectivity index (χ4n) is 2.05. The van der Waals surface area contributed by atoms with E-state index in [1.807, 2.05) is 30.3 Å². The summed E-state index contributed by atoms with van der Waals surface area (Å²) in [7, 11) is 2.08. The van der Waals surface area contributed by atoms with E-state index in [1.165, 1.54) is 11.3 Å². The van der Waals surface area contributed by atoms with Crippen LogP contribution in [0.4, 0.5) is 11.4 Å². The van der Waals surface area contributed by atoms with Crippen LogP contribution < -0.4 is 15.5 Å². The van der Waals surface area contributed by atoms with Crippen LogP contribution in [0.3, 0.4) is 0 Å². The Hall–Kier alpha value is -2.07. The van der Waals surface area contributed by atoms with Crippen LogP contribution in [0.15, 0.2) is 54.6 Å². The molecule has 3 nitrogen and oxygen atoms in total. The Morgan fingerprint density at radius 3 is 2.57 bits per heavy atom. The summed E-state index contributed by atoms with van der Waals surface area (Å²) in [4.78, 5) is 2.20. The van der Waals surface area contributed by atoms with Gasteiger partial charge in [0.25, 0.3) is 0 Å². The summed E-state index contributed by atoms with van der Waals surface area (Å²) in [6.07, 6.45) is 0. The van der Waals surface area contributed by atoms with Crippen LogP contribution in [0.25, 0.3) is 0 Å². The van der Waals surface area contributed by atoms with E-state index in [0.717, 1.165) is 18.8 Å². The SMILES string of the molecule is Cc1cccc(NC(=S)NCCN(C)c2ccccc2)c1. The first kappa shape index (κ1) is 15.3. The maximum Gasteiger partial charge on any atom is 0.170 e. The van der Waals surface area contributed by atoms with Crippen LogP contribution in [0.2, 0.25) is 0 Å². The van der Waals surface area contributed by atoms with Gasteiger partial charge in [-0.15, -0.1) is 0 Å². The highest BCUT2D eigenvalue weighted by atomic mass is 32.1. The normalized spacial score (nSPS) is 10.0. The van der Waals surface area contributed by atoms with Crippen molar-refractivity contribution < 1.29 is 0 Å². The third-order valence-corrected chi connectivity index (χ3v) is 3.45. The third kappa shape index (κ3) is 5.08. The highest BCUT2D eigenvalue weighted by Crippen LogP contribution is 2.10. The predicted molar refractivity (Wildman–Crippen MR) is 95.1 cm³/mol. The predicted octanol–water partition coefficient (Wildman–Crippen LogP) is 3.42. The van der Waals surface area contributed by atoms with Crippen molar-refractivity contribution in [2.45, 2.75) is 6.92 Å². The van der Waals surface area contributed by atoms with Crippen molar-refractivity contribution in [3.05, 3.63) is 60.2 Å². The van der Waals surface area contributed by atoms with Gasteiger partial charge in [-0.3, -0.25) is 0 Å².